The lowest BCUT2D eigenvalue weighted by Gasteiger charge is -2.44. The maximum absolute atomic E-state index is 13.8. The van der Waals surface area contributed by atoms with Crippen LogP contribution in [0.2, 0.25) is 0 Å². The predicted octanol–water partition coefficient (Wildman–Crippen LogP) is 7.75. The zero-order valence-corrected chi connectivity index (χ0v) is 17.5. The van der Waals surface area contributed by atoms with E-state index in [-0.39, 0.29) is 0 Å². The van der Waals surface area contributed by atoms with Gasteiger partial charge in [-0.05, 0) is 24.3 Å². The third-order valence-corrected chi connectivity index (χ3v) is 4.77. The van der Waals surface area contributed by atoms with Crippen LogP contribution in [0.25, 0.3) is 0 Å². The molecular formula is C17H8F20O2. The molecular weight excluding hydrogens is 616 g/mol. The summed E-state index contributed by atoms with van der Waals surface area (Å²) < 4.78 is 270. The van der Waals surface area contributed by atoms with Gasteiger partial charge in [0.2, 0.25) is 0 Å². The molecule has 2 nitrogen and oxygen atoms in total. The molecule has 228 valence electrons. The first-order valence-electron chi connectivity index (χ1n) is 9.02. The fraction of sp³-hybridized carbons (Fsp3) is 0.647. The molecule has 0 atom stereocenters. The van der Waals surface area contributed by atoms with Crippen molar-refractivity contribution in [3.63, 3.8) is 0 Å². The molecule has 0 aromatic heterocycles. The quantitative estimate of drug-likeness (QED) is 0.241. The summed E-state index contributed by atoms with van der Waals surface area (Å²) in [6, 6.07) is 2.04. The Morgan fingerprint density at radius 2 is 0.821 bits per heavy atom. The Morgan fingerprint density at radius 3 is 1.15 bits per heavy atom. The van der Waals surface area contributed by atoms with Crippen LogP contribution < -0.4 is 4.74 Å². The van der Waals surface area contributed by atoms with E-state index in [9.17, 15) is 87.8 Å². The van der Waals surface area contributed by atoms with E-state index in [0.717, 1.165) is 0 Å². The molecule has 0 saturated carbocycles. The molecule has 0 fully saturated rings. The number of phenols is 1. The first-order chi connectivity index (χ1) is 16.9. The Morgan fingerprint density at radius 1 is 0.513 bits per heavy atom. The molecule has 1 N–H and O–H groups in total. The lowest BCUT2D eigenvalue weighted by Crippen LogP contribution is -2.76. The van der Waals surface area contributed by atoms with Crippen molar-refractivity contribution in [1.29, 1.82) is 0 Å². The zero-order chi connectivity index (χ0) is 31.5. The molecule has 0 aliphatic carbocycles. The highest BCUT2D eigenvalue weighted by Gasteiger charge is 2.96. The standard InChI is InChI=1S/C17H8F20O2/c18-8(19)10(22,23)12(26,27)14(30,31)16(34,35)17(36,37)15(32,33)13(28,29)11(24,25)9(20,21)5-39-7-3-1-6(38)2-4-7/h1-4,8,38H,5H2. The number of benzene rings is 1. The number of hydrogen-bond acceptors (Lipinski definition) is 2. The second kappa shape index (κ2) is 9.51. The Labute approximate surface area is 201 Å². The summed E-state index contributed by atoms with van der Waals surface area (Å²) in [5.41, 5.74) is 0. The van der Waals surface area contributed by atoms with Crippen LogP contribution in [0, 0.1) is 0 Å². The van der Waals surface area contributed by atoms with Gasteiger partial charge in [0.1, 0.15) is 11.5 Å². The minimum absolute atomic E-state index is 0.447. The van der Waals surface area contributed by atoms with Gasteiger partial charge in [0.15, 0.2) is 6.61 Å². The van der Waals surface area contributed by atoms with E-state index in [2.05, 4.69) is 4.74 Å². The van der Waals surface area contributed by atoms with Crippen molar-refractivity contribution in [1.82, 2.24) is 0 Å². The Balaban J connectivity index is 3.58. The summed E-state index contributed by atoms with van der Waals surface area (Å²) in [5.74, 6) is -77.1. The highest BCUT2D eigenvalue weighted by Crippen LogP contribution is 2.65. The SMILES string of the molecule is Oc1ccc(OCC(F)(F)C(F)(F)C(F)(F)C(F)(F)C(F)(F)C(F)(F)C(F)(F)C(F)(F)C(F)(F)C(F)F)cc1. The minimum Gasteiger partial charge on any atom is -0.508 e. The Kier molecular flexibility index (Phi) is 8.40. The van der Waals surface area contributed by atoms with Gasteiger partial charge in [0.25, 0.3) is 0 Å². The fourth-order valence-corrected chi connectivity index (χ4v) is 2.37. The fourth-order valence-electron chi connectivity index (χ4n) is 2.37. The van der Waals surface area contributed by atoms with E-state index in [0.29, 0.717) is 24.3 Å². The molecule has 1 aromatic rings. The van der Waals surface area contributed by atoms with E-state index in [1.807, 2.05) is 0 Å². The van der Waals surface area contributed by atoms with Crippen molar-refractivity contribution >= 4 is 0 Å². The lowest BCUT2D eigenvalue weighted by atomic mass is 9.86. The van der Waals surface area contributed by atoms with Crippen molar-refractivity contribution in [2.75, 3.05) is 6.61 Å². The van der Waals surface area contributed by atoms with E-state index in [4.69, 9.17) is 5.11 Å². The van der Waals surface area contributed by atoms with Crippen LogP contribution in [0.1, 0.15) is 0 Å². The first-order valence-corrected chi connectivity index (χ1v) is 9.02. The number of alkyl halides is 20. The van der Waals surface area contributed by atoms with Crippen LogP contribution in [0.15, 0.2) is 24.3 Å². The number of ether oxygens (including phenoxy) is 1. The number of rotatable bonds is 12. The summed E-state index contributed by atoms with van der Waals surface area (Å²) in [6.07, 6.45) is -6.11. The van der Waals surface area contributed by atoms with Gasteiger partial charge in [-0.25, -0.2) is 8.78 Å². The van der Waals surface area contributed by atoms with Crippen LogP contribution in [0.3, 0.4) is 0 Å². The van der Waals surface area contributed by atoms with Gasteiger partial charge in [-0.2, -0.15) is 79.0 Å². The number of halogens is 20. The summed E-state index contributed by atoms with van der Waals surface area (Å²) in [4.78, 5) is 0. The van der Waals surface area contributed by atoms with Crippen molar-refractivity contribution in [2.24, 2.45) is 0 Å². The highest BCUT2D eigenvalue weighted by molar-refractivity contribution is 5.30. The predicted molar refractivity (Wildman–Crippen MR) is 84.1 cm³/mol. The van der Waals surface area contributed by atoms with Gasteiger partial charge < -0.3 is 9.84 Å². The van der Waals surface area contributed by atoms with Crippen LogP contribution >= 0.6 is 0 Å². The molecule has 0 saturated heterocycles. The average molecular weight is 624 g/mol. The van der Waals surface area contributed by atoms with Crippen LogP contribution in [-0.4, -0.2) is 71.4 Å². The average Bonchev–Trinajstić information content (AvgIpc) is 2.77. The molecule has 0 aliphatic heterocycles. The van der Waals surface area contributed by atoms with Crippen LogP contribution in [0.5, 0.6) is 11.5 Å². The molecule has 0 unspecified atom stereocenters. The number of hydrogen-bond donors (Lipinski definition) is 1. The first kappa shape index (κ1) is 34.4. The van der Waals surface area contributed by atoms with Gasteiger partial charge in [-0.1, -0.05) is 0 Å². The number of aromatic hydroxyl groups is 1. The summed E-state index contributed by atoms with van der Waals surface area (Å²) in [7, 11) is 0. The van der Waals surface area contributed by atoms with Gasteiger partial charge >= 0.3 is 59.7 Å². The molecule has 1 rings (SSSR count). The molecule has 0 heterocycles. The zero-order valence-electron chi connectivity index (χ0n) is 17.5. The minimum atomic E-state index is -9.05. The van der Waals surface area contributed by atoms with Crippen molar-refractivity contribution in [2.45, 2.75) is 59.7 Å². The smallest absolute Gasteiger partial charge is 0.385 e. The topological polar surface area (TPSA) is 29.5 Å². The molecule has 39 heavy (non-hydrogen) atoms. The molecule has 0 spiro atoms. The van der Waals surface area contributed by atoms with Gasteiger partial charge in [0, 0.05) is 0 Å². The largest absolute Gasteiger partial charge is 0.508 e. The van der Waals surface area contributed by atoms with E-state index >= 15 is 0 Å². The van der Waals surface area contributed by atoms with Gasteiger partial charge in [0.05, 0.1) is 0 Å². The summed E-state index contributed by atoms with van der Waals surface area (Å²) in [5, 5.41) is 8.91. The third kappa shape index (κ3) is 4.73. The van der Waals surface area contributed by atoms with Gasteiger partial charge in [-0.15, -0.1) is 0 Å². The van der Waals surface area contributed by atoms with E-state index in [1.54, 1.807) is 0 Å². The Bertz CT molecular complexity index is 1000. The molecule has 0 radical (unpaired) electrons. The molecule has 0 amide bonds. The lowest BCUT2D eigenvalue weighted by molar-refractivity contribution is -0.465. The summed E-state index contributed by atoms with van der Waals surface area (Å²) in [6.45, 7) is -3.17. The van der Waals surface area contributed by atoms with E-state index < -0.39 is 77.8 Å². The maximum Gasteiger partial charge on any atom is 0.385 e. The monoisotopic (exact) mass is 624 g/mol. The van der Waals surface area contributed by atoms with E-state index in [1.165, 1.54) is 0 Å². The van der Waals surface area contributed by atoms with Crippen LogP contribution in [-0.2, 0) is 0 Å². The third-order valence-electron chi connectivity index (χ3n) is 4.77. The normalized spacial score (nSPS) is 15.6. The summed E-state index contributed by atoms with van der Waals surface area (Å²) >= 11 is 0. The van der Waals surface area contributed by atoms with Crippen molar-refractivity contribution in [3.05, 3.63) is 24.3 Å². The molecule has 0 aliphatic rings. The second-order valence-electron chi connectivity index (χ2n) is 7.43. The van der Waals surface area contributed by atoms with Crippen LogP contribution in [0.4, 0.5) is 87.8 Å². The second-order valence-corrected chi connectivity index (χ2v) is 7.43. The molecule has 22 heteroatoms. The molecule has 1 aromatic carbocycles. The van der Waals surface area contributed by atoms with Crippen molar-refractivity contribution < 1.29 is 97.7 Å². The van der Waals surface area contributed by atoms with Gasteiger partial charge in [-0.3, -0.25) is 0 Å². The van der Waals surface area contributed by atoms with Crippen molar-refractivity contribution in [3.8, 4) is 11.5 Å². The highest BCUT2D eigenvalue weighted by atomic mass is 19.4. The maximum atomic E-state index is 13.8. The molecule has 0 bridgehead atoms. The number of phenolic OH excluding ortho intramolecular Hbond substituents is 1. The Hall–Kier alpha value is -2.58.